The molecule has 2 aromatic heterocycles. The third kappa shape index (κ3) is 2.16. The molecular weight excluding hydrogens is 294 g/mol. The number of benzene rings is 2. The number of anilines is 1. The van der Waals surface area contributed by atoms with E-state index >= 15 is 0 Å². The maximum absolute atomic E-state index is 12.5. The van der Waals surface area contributed by atoms with Gasteiger partial charge < -0.3 is 4.98 Å². The second-order valence-electron chi connectivity index (χ2n) is 5.19. The lowest BCUT2D eigenvalue weighted by atomic mass is 10.2. The quantitative estimate of drug-likeness (QED) is 0.579. The summed E-state index contributed by atoms with van der Waals surface area (Å²) in [6, 6.07) is 13.8. The van der Waals surface area contributed by atoms with Gasteiger partial charge >= 0.3 is 0 Å². The van der Waals surface area contributed by atoms with Gasteiger partial charge in [0.2, 0.25) is 0 Å². The van der Waals surface area contributed by atoms with E-state index in [4.69, 9.17) is 0 Å². The van der Waals surface area contributed by atoms with Crippen molar-refractivity contribution in [1.29, 1.82) is 0 Å². The minimum absolute atomic E-state index is 0.145. The number of hydrogen-bond donors (Lipinski definition) is 2. The largest absolute Gasteiger partial charge is 0.360 e. The van der Waals surface area contributed by atoms with E-state index in [1.54, 1.807) is 6.20 Å². The lowest BCUT2D eigenvalue weighted by Gasteiger charge is -1.99. The first-order valence-electron chi connectivity index (χ1n) is 6.95. The number of rotatable bonds is 2. The molecule has 2 aromatic carbocycles. The molecule has 0 aliphatic heterocycles. The van der Waals surface area contributed by atoms with Crippen LogP contribution in [0.25, 0.3) is 21.1 Å². The maximum atomic E-state index is 12.5. The third-order valence-electron chi connectivity index (χ3n) is 3.60. The Bertz CT molecular complexity index is 999. The van der Waals surface area contributed by atoms with Crippen molar-refractivity contribution >= 4 is 43.5 Å². The second kappa shape index (κ2) is 4.96. The van der Waals surface area contributed by atoms with Crippen LogP contribution in [0.15, 0.2) is 48.7 Å². The molecule has 0 spiro atoms. The SMILES string of the molecule is Cc1ccc2nc(NC(=O)c3c[nH]c4ccccc34)sc2c1. The monoisotopic (exact) mass is 307 g/mol. The number of amides is 1. The van der Waals surface area contributed by atoms with Gasteiger partial charge in [0.25, 0.3) is 5.91 Å². The fourth-order valence-corrected chi connectivity index (χ4v) is 3.47. The van der Waals surface area contributed by atoms with Crippen LogP contribution in [0.4, 0.5) is 5.13 Å². The van der Waals surface area contributed by atoms with Crippen molar-refractivity contribution in [2.24, 2.45) is 0 Å². The number of aromatic amines is 1. The van der Waals surface area contributed by atoms with Gasteiger partial charge in [-0.1, -0.05) is 35.6 Å². The van der Waals surface area contributed by atoms with E-state index in [2.05, 4.69) is 21.4 Å². The van der Waals surface area contributed by atoms with E-state index < -0.39 is 0 Å². The molecule has 1 amide bonds. The highest BCUT2D eigenvalue weighted by atomic mass is 32.1. The Morgan fingerprint density at radius 1 is 1.23 bits per heavy atom. The molecule has 4 nitrogen and oxygen atoms in total. The molecule has 5 heteroatoms. The number of carbonyl (C=O) groups is 1. The van der Waals surface area contributed by atoms with Gasteiger partial charge in [-0.05, 0) is 30.7 Å². The van der Waals surface area contributed by atoms with Crippen molar-refractivity contribution in [3.05, 3.63) is 59.8 Å². The highest BCUT2D eigenvalue weighted by Crippen LogP contribution is 2.27. The Kier molecular flexibility index (Phi) is 2.94. The van der Waals surface area contributed by atoms with Crippen LogP contribution in [-0.4, -0.2) is 15.9 Å². The number of hydrogen-bond acceptors (Lipinski definition) is 3. The molecule has 2 heterocycles. The number of aromatic nitrogens is 2. The second-order valence-corrected chi connectivity index (χ2v) is 6.22. The van der Waals surface area contributed by atoms with Crippen molar-refractivity contribution in [3.8, 4) is 0 Å². The first-order chi connectivity index (χ1) is 10.7. The van der Waals surface area contributed by atoms with Crippen LogP contribution < -0.4 is 5.32 Å². The lowest BCUT2D eigenvalue weighted by molar-refractivity contribution is 0.102. The third-order valence-corrected chi connectivity index (χ3v) is 4.53. The van der Waals surface area contributed by atoms with Crippen LogP contribution in [0, 0.1) is 6.92 Å². The van der Waals surface area contributed by atoms with E-state index in [1.165, 1.54) is 16.9 Å². The van der Waals surface area contributed by atoms with E-state index in [0.29, 0.717) is 10.7 Å². The number of fused-ring (bicyclic) bond motifs is 2. The summed E-state index contributed by atoms with van der Waals surface area (Å²) in [5, 5.41) is 4.43. The van der Waals surface area contributed by atoms with Crippen LogP contribution in [0.2, 0.25) is 0 Å². The molecule has 0 radical (unpaired) electrons. The Morgan fingerprint density at radius 2 is 2.09 bits per heavy atom. The minimum Gasteiger partial charge on any atom is -0.360 e. The summed E-state index contributed by atoms with van der Waals surface area (Å²) >= 11 is 1.49. The first kappa shape index (κ1) is 13.0. The molecule has 0 fully saturated rings. The van der Waals surface area contributed by atoms with Gasteiger partial charge in [0.05, 0.1) is 15.8 Å². The molecule has 2 N–H and O–H groups in total. The van der Waals surface area contributed by atoms with Crippen molar-refractivity contribution < 1.29 is 4.79 Å². The molecule has 0 bridgehead atoms. The summed E-state index contributed by atoms with van der Waals surface area (Å²) in [6.07, 6.45) is 1.73. The summed E-state index contributed by atoms with van der Waals surface area (Å²) in [5.41, 5.74) is 3.68. The number of nitrogens with one attached hydrogen (secondary N) is 2. The predicted molar refractivity (Wildman–Crippen MR) is 90.6 cm³/mol. The van der Waals surface area contributed by atoms with Crippen molar-refractivity contribution in [1.82, 2.24) is 9.97 Å². The Labute approximate surface area is 130 Å². The standard InChI is InChI=1S/C17H13N3OS/c1-10-6-7-14-15(8-10)22-17(19-14)20-16(21)12-9-18-13-5-3-2-4-11(12)13/h2-9,18H,1H3,(H,19,20,21). The summed E-state index contributed by atoms with van der Waals surface area (Å²) < 4.78 is 1.08. The maximum Gasteiger partial charge on any atom is 0.259 e. The van der Waals surface area contributed by atoms with E-state index in [-0.39, 0.29) is 5.91 Å². The topological polar surface area (TPSA) is 57.8 Å². The first-order valence-corrected chi connectivity index (χ1v) is 7.77. The minimum atomic E-state index is -0.145. The van der Waals surface area contributed by atoms with Gasteiger partial charge in [0.1, 0.15) is 0 Å². The number of para-hydroxylation sites is 1. The zero-order valence-electron chi connectivity index (χ0n) is 11.9. The van der Waals surface area contributed by atoms with Gasteiger partial charge in [-0.2, -0.15) is 0 Å². The number of H-pyrrole nitrogens is 1. The summed E-state index contributed by atoms with van der Waals surface area (Å²) in [6.45, 7) is 2.04. The molecule has 108 valence electrons. The molecule has 22 heavy (non-hydrogen) atoms. The van der Waals surface area contributed by atoms with Gasteiger partial charge in [-0.3, -0.25) is 10.1 Å². The normalized spacial score (nSPS) is 11.1. The van der Waals surface area contributed by atoms with Crippen molar-refractivity contribution in [3.63, 3.8) is 0 Å². The van der Waals surface area contributed by atoms with Gasteiger partial charge in [-0.15, -0.1) is 0 Å². The zero-order valence-corrected chi connectivity index (χ0v) is 12.7. The van der Waals surface area contributed by atoms with Gasteiger partial charge in [0.15, 0.2) is 5.13 Å². The predicted octanol–water partition coefficient (Wildman–Crippen LogP) is 4.34. The smallest absolute Gasteiger partial charge is 0.259 e. The van der Waals surface area contributed by atoms with Crippen LogP contribution >= 0.6 is 11.3 Å². The Balaban J connectivity index is 1.68. The number of nitrogens with zero attached hydrogens (tertiary/aromatic N) is 1. The highest BCUT2D eigenvalue weighted by Gasteiger charge is 2.14. The molecule has 0 atom stereocenters. The fourth-order valence-electron chi connectivity index (χ4n) is 2.51. The number of aryl methyl sites for hydroxylation is 1. The summed E-state index contributed by atoms with van der Waals surface area (Å²) in [4.78, 5) is 20.0. The van der Waals surface area contributed by atoms with E-state index in [1.807, 2.05) is 43.3 Å². The molecule has 0 aliphatic rings. The van der Waals surface area contributed by atoms with Crippen LogP contribution in [0.5, 0.6) is 0 Å². The molecular formula is C17H13N3OS. The van der Waals surface area contributed by atoms with Crippen molar-refractivity contribution in [2.45, 2.75) is 6.92 Å². The van der Waals surface area contributed by atoms with Gasteiger partial charge in [-0.25, -0.2) is 4.98 Å². The van der Waals surface area contributed by atoms with Crippen LogP contribution in [0.3, 0.4) is 0 Å². The molecule has 4 rings (SSSR count). The van der Waals surface area contributed by atoms with E-state index in [0.717, 1.165) is 21.1 Å². The van der Waals surface area contributed by atoms with Crippen molar-refractivity contribution in [2.75, 3.05) is 5.32 Å². The van der Waals surface area contributed by atoms with Gasteiger partial charge in [0, 0.05) is 17.1 Å². The molecule has 0 aliphatic carbocycles. The number of thiazole rings is 1. The Hall–Kier alpha value is -2.66. The average Bonchev–Trinajstić information content (AvgIpc) is 3.09. The number of carbonyl (C=O) groups excluding carboxylic acids is 1. The zero-order chi connectivity index (χ0) is 15.1. The molecule has 0 saturated heterocycles. The summed E-state index contributed by atoms with van der Waals surface area (Å²) in [7, 11) is 0. The molecule has 0 saturated carbocycles. The van der Waals surface area contributed by atoms with E-state index in [9.17, 15) is 4.79 Å². The highest BCUT2D eigenvalue weighted by molar-refractivity contribution is 7.22. The molecule has 0 unspecified atom stereocenters. The Morgan fingerprint density at radius 3 is 3.00 bits per heavy atom. The summed E-state index contributed by atoms with van der Waals surface area (Å²) in [5.74, 6) is -0.145. The average molecular weight is 307 g/mol. The van der Waals surface area contributed by atoms with Crippen LogP contribution in [-0.2, 0) is 0 Å². The molecule has 4 aromatic rings. The van der Waals surface area contributed by atoms with Crippen LogP contribution in [0.1, 0.15) is 15.9 Å². The lowest BCUT2D eigenvalue weighted by Crippen LogP contribution is -2.10. The fraction of sp³-hybridized carbons (Fsp3) is 0.0588.